The Hall–Kier alpha value is -1.74. The first-order chi connectivity index (χ1) is 8.61. The number of hydrogen-bond donors (Lipinski definition) is 0. The third-order valence-electron chi connectivity index (χ3n) is 2.54. The Morgan fingerprint density at radius 1 is 1.33 bits per heavy atom. The van der Waals surface area contributed by atoms with Crippen LogP contribution in [0.4, 0.5) is 0 Å². The lowest BCUT2D eigenvalue weighted by Crippen LogP contribution is -2.02. The molecule has 0 aliphatic heterocycles. The van der Waals surface area contributed by atoms with Crippen molar-refractivity contribution in [2.45, 2.75) is 13.8 Å². The van der Waals surface area contributed by atoms with Crippen molar-refractivity contribution in [2.75, 3.05) is 6.61 Å². The van der Waals surface area contributed by atoms with Gasteiger partial charge in [0.2, 0.25) is 5.76 Å². The molecule has 0 aliphatic rings. The zero-order chi connectivity index (χ0) is 13.1. The largest absolute Gasteiger partial charge is 0.460 e. The number of carbonyl (C=O) groups excluding carboxylic acids is 1. The summed E-state index contributed by atoms with van der Waals surface area (Å²) in [6.07, 6.45) is 0. The average Bonchev–Trinajstić information content (AvgIpc) is 2.78. The Bertz CT molecular complexity index is 572. The molecule has 1 aromatic carbocycles. The van der Waals surface area contributed by atoms with Crippen LogP contribution in [0, 0.1) is 6.92 Å². The van der Waals surface area contributed by atoms with Gasteiger partial charge >= 0.3 is 5.97 Å². The molecule has 0 atom stereocenters. The van der Waals surface area contributed by atoms with Gasteiger partial charge in [-0.2, -0.15) is 0 Å². The predicted molar refractivity (Wildman–Crippen MR) is 69.8 cm³/mol. The van der Waals surface area contributed by atoms with E-state index in [0.717, 1.165) is 11.1 Å². The lowest BCUT2D eigenvalue weighted by Gasteiger charge is -2.03. The number of esters is 1. The zero-order valence-electron chi connectivity index (χ0n) is 10.2. The number of furan rings is 1. The van der Waals surface area contributed by atoms with E-state index in [-0.39, 0.29) is 5.76 Å². The fourth-order valence-electron chi connectivity index (χ4n) is 1.70. The van der Waals surface area contributed by atoms with E-state index in [0.29, 0.717) is 17.4 Å². The summed E-state index contributed by atoms with van der Waals surface area (Å²) < 4.78 is 10.4. The molecule has 4 heteroatoms. The first kappa shape index (κ1) is 12.7. The fraction of sp³-hybridized carbons (Fsp3) is 0.214. The van der Waals surface area contributed by atoms with Crippen LogP contribution in [-0.2, 0) is 4.74 Å². The molecule has 1 aromatic heterocycles. The van der Waals surface area contributed by atoms with Gasteiger partial charge in [0.25, 0.3) is 0 Å². The minimum absolute atomic E-state index is 0.209. The first-order valence-electron chi connectivity index (χ1n) is 5.65. The lowest BCUT2D eigenvalue weighted by atomic mass is 10.1. The maximum Gasteiger partial charge on any atom is 0.374 e. The smallest absolute Gasteiger partial charge is 0.374 e. The van der Waals surface area contributed by atoms with Crippen molar-refractivity contribution >= 4 is 17.6 Å². The molecule has 0 amide bonds. The highest BCUT2D eigenvalue weighted by Gasteiger charge is 2.14. The van der Waals surface area contributed by atoms with Gasteiger partial charge in [-0.1, -0.05) is 11.6 Å². The Labute approximate surface area is 110 Å². The molecule has 0 fully saturated rings. The van der Waals surface area contributed by atoms with E-state index < -0.39 is 5.97 Å². The molecule has 3 nitrogen and oxygen atoms in total. The van der Waals surface area contributed by atoms with Crippen molar-refractivity contribution in [3.8, 4) is 11.3 Å². The number of aryl methyl sites for hydroxylation is 1. The summed E-state index contributed by atoms with van der Waals surface area (Å²) in [6, 6.07) is 8.87. The van der Waals surface area contributed by atoms with E-state index in [9.17, 15) is 4.79 Å². The first-order valence-corrected chi connectivity index (χ1v) is 6.03. The average molecular weight is 265 g/mol. The maximum atomic E-state index is 11.5. The summed E-state index contributed by atoms with van der Waals surface area (Å²) >= 11 is 5.90. The van der Waals surface area contributed by atoms with Crippen LogP contribution in [0.1, 0.15) is 23.0 Å². The van der Waals surface area contributed by atoms with Gasteiger partial charge in [0.1, 0.15) is 5.76 Å². The topological polar surface area (TPSA) is 39.4 Å². The summed E-state index contributed by atoms with van der Waals surface area (Å²) in [7, 11) is 0. The Morgan fingerprint density at radius 3 is 2.78 bits per heavy atom. The Kier molecular flexibility index (Phi) is 3.72. The molecule has 1 heterocycles. The second-order valence-electron chi connectivity index (χ2n) is 3.84. The van der Waals surface area contributed by atoms with E-state index in [1.54, 1.807) is 25.1 Å². The van der Waals surface area contributed by atoms with Gasteiger partial charge in [0.15, 0.2) is 0 Å². The summed E-state index contributed by atoms with van der Waals surface area (Å²) in [4.78, 5) is 11.5. The van der Waals surface area contributed by atoms with Gasteiger partial charge in [-0.05, 0) is 49.7 Å². The molecule has 94 valence electrons. The lowest BCUT2D eigenvalue weighted by molar-refractivity contribution is 0.0491. The molecule has 0 aliphatic carbocycles. The minimum Gasteiger partial charge on any atom is -0.460 e. The number of hydrogen-bond acceptors (Lipinski definition) is 3. The van der Waals surface area contributed by atoms with Crippen LogP contribution >= 0.6 is 11.6 Å². The highest BCUT2D eigenvalue weighted by atomic mass is 35.5. The van der Waals surface area contributed by atoms with Crippen molar-refractivity contribution in [2.24, 2.45) is 0 Å². The molecule has 0 unspecified atom stereocenters. The van der Waals surface area contributed by atoms with Gasteiger partial charge < -0.3 is 9.15 Å². The standard InChI is InChI=1S/C14H13ClO3/c1-3-17-14(16)13-7-6-12(18-13)11-5-4-10(15)8-9(11)2/h4-8H,3H2,1-2H3. The van der Waals surface area contributed by atoms with Gasteiger partial charge in [-0.25, -0.2) is 4.79 Å². The molecule has 0 saturated heterocycles. The van der Waals surface area contributed by atoms with Crippen molar-refractivity contribution in [3.05, 3.63) is 46.7 Å². The minimum atomic E-state index is -0.449. The van der Waals surface area contributed by atoms with E-state index in [2.05, 4.69) is 0 Å². The van der Waals surface area contributed by atoms with Gasteiger partial charge in [0.05, 0.1) is 6.61 Å². The van der Waals surface area contributed by atoms with Crippen molar-refractivity contribution in [3.63, 3.8) is 0 Å². The zero-order valence-corrected chi connectivity index (χ0v) is 11.0. The van der Waals surface area contributed by atoms with E-state index >= 15 is 0 Å². The van der Waals surface area contributed by atoms with Crippen LogP contribution in [0.2, 0.25) is 5.02 Å². The van der Waals surface area contributed by atoms with Crippen molar-refractivity contribution in [1.29, 1.82) is 0 Å². The van der Waals surface area contributed by atoms with Crippen LogP contribution in [0.3, 0.4) is 0 Å². The molecule has 2 rings (SSSR count). The molecule has 0 N–H and O–H groups in total. The second kappa shape index (κ2) is 5.27. The van der Waals surface area contributed by atoms with Crippen LogP contribution in [-0.4, -0.2) is 12.6 Å². The number of halogens is 1. The summed E-state index contributed by atoms with van der Waals surface area (Å²) in [6.45, 7) is 4.02. The molecule has 2 aromatic rings. The maximum absolute atomic E-state index is 11.5. The molecular formula is C14H13ClO3. The molecule has 0 spiro atoms. The SMILES string of the molecule is CCOC(=O)c1ccc(-c2ccc(Cl)cc2C)o1. The van der Waals surface area contributed by atoms with Gasteiger partial charge in [-0.3, -0.25) is 0 Å². The highest BCUT2D eigenvalue weighted by molar-refractivity contribution is 6.30. The summed E-state index contributed by atoms with van der Waals surface area (Å²) in [5.74, 6) is 0.392. The number of rotatable bonds is 3. The van der Waals surface area contributed by atoms with E-state index in [4.69, 9.17) is 20.8 Å². The number of carbonyl (C=O) groups is 1. The Balaban J connectivity index is 2.32. The third kappa shape index (κ3) is 2.57. The third-order valence-corrected chi connectivity index (χ3v) is 2.77. The Morgan fingerprint density at radius 2 is 2.11 bits per heavy atom. The van der Waals surface area contributed by atoms with E-state index in [1.165, 1.54) is 0 Å². The quantitative estimate of drug-likeness (QED) is 0.784. The highest BCUT2D eigenvalue weighted by Crippen LogP contribution is 2.27. The van der Waals surface area contributed by atoms with Crippen LogP contribution in [0.25, 0.3) is 11.3 Å². The summed E-state index contributed by atoms with van der Waals surface area (Å²) in [5, 5.41) is 0.674. The van der Waals surface area contributed by atoms with Crippen LogP contribution in [0.5, 0.6) is 0 Å². The fourth-order valence-corrected chi connectivity index (χ4v) is 1.92. The number of ether oxygens (including phenoxy) is 1. The predicted octanol–water partition coefficient (Wildman–Crippen LogP) is 4.09. The number of benzene rings is 1. The molecule has 18 heavy (non-hydrogen) atoms. The van der Waals surface area contributed by atoms with Crippen LogP contribution in [0.15, 0.2) is 34.7 Å². The molecule has 0 bridgehead atoms. The molecule has 0 radical (unpaired) electrons. The van der Waals surface area contributed by atoms with Crippen LogP contribution < -0.4 is 0 Å². The second-order valence-corrected chi connectivity index (χ2v) is 4.28. The van der Waals surface area contributed by atoms with Crippen molar-refractivity contribution < 1.29 is 13.9 Å². The monoisotopic (exact) mass is 264 g/mol. The summed E-state index contributed by atoms with van der Waals surface area (Å²) in [5.41, 5.74) is 1.90. The van der Waals surface area contributed by atoms with Gasteiger partial charge in [-0.15, -0.1) is 0 Å². The normalized spacial score (nSPS) is 10.4. The molecular weight excluding hydrogens is 252 g/mol. The van der Waals surface area contributed by atoms with E-state index in [1.807, 2.05) is 19.1 Å². The van der Waals surface area contributed by atoms with Gasteiger partial charge in [0, 0.05) is 10.6 Å². The van der Waals surface area contributed by atoms with Crippen molar-refractivity contribution in [1.82, 2.24) is 0 Å². The molecule has 0 saturated carbocycles.